The van der Waals surface area contributed by atoms with E-state index in [-0.39, 0.29) is 5.91 Å². The molecule has 0 bridgehead atoms. The number of aromatic nitrogens is 1. The van der Waals surface area contributed by atoms with Crippen molar-refractivity contribution in [1.29, 1.82) is 0 Å². The van der Waals surface area contributed by atoms with Crippen molar-refractivity contribution in [3.05, 3.63) is 83.6 Å². The summed E-state index contributed by atoms with van der Waals surface area (Å²) in [5.41, 5.74) is 1.92. The van der Waals surface area contributed by atoms with Crippen LogP contribution in [0.2, 0.25) is 5.02 Å². The number of halogens is 1. The summed E-state index contributed by atoms with van der Waals surface area (Å²) in [6.07, 6.45) is 1.83. The molecule has 1 aliphatic heterocycles. The molecule has 4 rings (SSSR count). The first-order valence-corrected chi connectivity index (χ1v) is 11.5. The minimum absolute atomic E-state index is 0.0160. The predicted molar refractivity (Wildman–Crippen MR) is 127 cm³/mol. The summed E-state index contributed by atoms with van der Waals surface area (Å²) in [7, 11) is 0. The Labute approximate surface area is 192 Å². The summed E-state index contributed by atoms with van der Waals surface area (Å²) in [4.78, 5) is 23.8. The van der Waals surface area contributed by atoms with Gasteiger partial charge in [-0.15, -0.1) is 0 Å². The van der Waals surface area contributed by atoms with Gasteiger partial charge in [0.1, 0.15) is 0 Å². The van der Waals surface area contributed by atoms with Crippen molar-refractivity contribution in [3.63, 3.8) is 0 Å². The van der Waals surface area contributed by atoms with Crippen molar-refractivity contribution in [2.45, 2.75) is 16.3 Å². The maximum atomic E-state index is 12.7. The molecule has 0 atom stereocenters. The fraction of sp³-hybridized carbons (Fsp3) is 0.250. The summed E-state index contributed by atoms with van der Waals surface area (Å²) in [5.74, 6) is 0.0160. The van der Waals surface area contributed by atoms with Crippen LogP contribution in [0.1, 0.15) is 5.69 Å². The van der Waals surface area contributed by atoms with Crippen molar-refractivity contribution in [3.8, 4) is 0 Å². The lowest BCUT2D eigenvalue weighted by molar-refractivity contribution is -0.117. The topological polar surface area (TPSA) is 48.5 Å². The molecule has 3 aromatic rings. The third-order valence-electron chi connectivity index (χ3n) is 5.15. The van der Waals surface area contributed by atoms with Crippen molar-refractivity contribution in [2.75, 3.05) is 38.0 Å². The number of piperazine rings is 1. The molecule has 0 spiro atoms. The van der Waals surface area contributed by atoms with Crippen LogP contribution in [0.15, 0.2) is 82.7 Å². The van der Waals surface area contributed by atoms with Gasteiger partial charge in [-0.3, -0.25) is 19.6 Å². The largest absolute Gasteiger partial charge is 0.324 e. The Balaban J connectivity index is 1.28. The van der Waals surface area contributed by atoms with Crippen molar-refractivity contribution in [1.82, 2.24) is 14.8 Å². The van der Waals surface area contributed by atoms with E-state index in [4.69, 9.17) is 11.6 Å². The SMILES string of the molecule is O=C(CN1CCN(Cc2ccccn2)CC1)Nc1ccccc1Sc1ccc(Cl)cc1. The summed E-state index contributed by atoms with van der Waals surface area (Å²) in [6.45, 7) is 4.89. The fourth-order valence-electron chi connectivity index (χ4n) is 3.51. The Morgan fingerprint density at radius 3 is 2.39 bits per heavy atom. The predicted octanol–water partition coefficient (Wildman–Crippen LogP) is 4.64. The summed E-state index contributed by atoms with van der Waals surface area (Å²) in [5, 5.41) is 3.80. The number of anilines is 1. The summed E-state index contributed by atoms with van der Waals surface area (Å²) >= 11 is 7.59. The molecule has 2 aromatic carbocycles. The number of carbonyl (C=O) groups excluding carboxylic acids is 1. The Morgan fingerprint density at radius 2 is 1.65 bits per heavy atom. The molecule has 7 heteroatoms. The molecular weight excluding hydrogens is 428 g/mol. The number of para-hydroxylation sites is 1. The lowest BCUT2D eigenvalue weighted by atomic mass is 10.2. The normalized spacial score (nSPS) is 15.0. The van der Waals surface area contributed by atoms with E-state index in [1.54, 1.807) is 11.8 Å². The number of benzene rings is 2. The highest BCUT2D eigenvalue weighted by atomic mass is 35.5. The van der Waals surface area contributed by atoms with Gasteiger partial charge in [0.05, 0.1) is 17.9 Å². The minimum Gasteiger partial charge on any atom is -0.324 e. The minimum atomic E-state index is 0.0160. The third kappa shape index (κ3) is 6.55. The van der Waals surface area contributed by atoms with Crippen LogP contribution in [0.4, 0.5) is 5.69 Å². The van der Waals surface area contributed by atoms with Gasteiger partial charge in [0.2, 0.25) is 5.91 Å². The molecule has 1 aliphatic rings. The van der Waals surface area contributed by atoms with Crippen LogP contribution < -0.4 is 5.32 Å². The number of rotatable bonds is 7. The molecule has 1 N–H and O–H groups in total. The smallest absolute Gasteiger partial charge is 0.238 e. The van der Waals surface area contributed by atoms with E-state index < -0.39 is 0 Å². The van der Waals surface area contributed by atoms with Gasteiger partial charge in [0, 0.05) is 53.7 Å². The van der Waals surface area contributed by atoms with E-state index >= 15 is 0 Å². The average Bonchev–Trinajstić information content (AvgIpc) is 2.79. The van der Waals surface area contributed by atoms with Crippen molar-refractivity contribution >= 4 is 35.0 Å². The summed E-state index contributed by atoms with van der Waals surface area (Å²) in [6, 6.07) is 21.6. The monoisotopic (exact) mass is 452 g/mol. The molecule has 5 nitrogen and oxygen atoms in total. The van der Waals surface area contributed by atoms with Gasteiger partial charge < -0.3 is 5.32 Å². The zero-order valence-electron chi connectivity index (χ0n) is 17.2. The highest BCUT2D eigenvalue weighted by Crippen LogP contribution is 2.33. The molecule has 1 fully saturated rings. The van der Waals surface area contributed by atoms with Crippen LogP contribution in [0.5, 0.6) is 0 Å². The number of nitrogens with zero attached hydrogens (tertiary/aromatic N) is 3. The molecule has 0 aliphatic carbocycles. The van der Waals surface area contributed by atoms with Gasteiger partial charge in [-0.1, -0.05) is 41.6 Å². The number of pyridine rings is 1. The van der Waals surface area contributed by atoms with Crippen LogP contribution >= 0.6 is 23.4 Å². The van der Waals surface area contributed by atoms with Crippen LogP contribution in [0.3, 0.4) is 0 Å². The number of carbonyl (C=O) groups is 1. The molecule has 0 saturated carbocycles. The third-order valence-corrected chi connectivity index (χ3v) is 6.48. The van der Waals surface area contributed by atoms with Gasteiger partial charge in [0.25, 0.3) is 0 Å². The van der Waals surface area contributed by atoms with E-state index in [1.807, 2.05) is 66.9 Å². The maximum Gasteiger partial charge on any atom is 0.238 e. The lowest BCUT2D eigenvalue weighted by Crippen LogP contribution is -2.48. The van der Waals surface area contributed by atoms with Gasteiger partial charge in [0.15, 0.2) is 0 Å². The Kier molecular flexibility index (Phi) is 7.59. The number of hydrogen-bond acceptors (Lipinski definition) is 5. The molecule has 1 amide bonds. The Bertz CT molecular complexity index is 992. The molecule has 1 aromatic heterocycles. The highest BCUT2D eigenvalue weighted by Gasteiger charge is 2.19. The van der Waals surface area contributed by atoms with E-state index in [9.17, 15) is 4.79 Å². The highest BCUT2D eigenvalue weighted by molar-refractivity contribution is 7.99. The molecular formula is C24H25ClN4OS. The van der Waals surface area contributed by atoms with Gasteiger partial charge in [-0.2, -0.15) is 0 Å². The lowest BCUT2D eigenvalue weighted by Gasteiger charge is -2.34. The number of hydrogen-bond donors (Lipinski definition) is 1. The van der Waals surface area contributed by atoms with Gasteiger partial charge in [-0.05, 0) is 48.5 Å². The molecule has 2 heterocycles. The Hall–Kier alpha value is -2.38. The molecule has 0 radical (unpaired) electrons. The molecule has 1 saturated heterocycles. The van der Waals surface area contributed by atoms with Gasteiger partial charge >= 0.3 is 0 Å². The second kappa shape index (κ2) is 10.8. The molecule has 31 heavy (non-hydrogen) atoms. The standard InChI is InChI=1S/C24H25ClN4OS/c25-19-8-10-21(11-9-19)31-23-7-2-1-6-22(23)27-24(30)18-29-15-13-28(14-16-29)17-20-5-3-4-12-26-20/h1-12H,13-18H2,(H,27,30). The van der Waals surface area contributed by atoms with E-state index in [2.05, 4.69) is 26.2 Å². The van der Waals surface area contributed by atoms with Gasteiger partial charge in [-0.25, -0.2) is 0 Å². The maximum absolute atomic E-state index is 12.7. The molecule has 160 valence electrons. The summed E-state index contributed by atoms with van der Waals surface area (Å²) < 4.78 is 0. The average molecular weight is 453 g/mol. The second-order valence-corrected chi connectivity index (χ2v) is 9.03. The second-order valence-electron chi connectivity index (χ2n) is 7.47. The zero-order chi connectivity index (χ0) is 21.5. The fourth-order valence-corrected chi connectivity index (χ4v) is 4.54. The number of amides is 1. The zero-order valence-corrected chi connectivity index (χ0v) is 18.8. The first kappa shape index (κ1) is 21.8. The van der Waals surface area contributed by atoms with E-state index in [1.165, 1.54) is 0 Å². The van der Waals surface area contributed by atoms with E-state index in [0.717, 1.165) is 53.9 Å². The number of nitrogens with one attached hydrogen (secondary N) is 1. The first-order valence-electron chi connectivity index (χ1n) is 10.3. The quantitative estimate of drug-likeness (QED) is 0.565. The van der Waals surface area contributed by atoms with Crippen molar-refractivity contribution < 1.29 is 4.79 Å². The van der Waals surface area contributed by atoms with Crippen LogP contribution in [-0.4, -0.2) is 53.4 Å². The van der Waals surface area contributed by atoms with Crippen molar-refractivity contribution in [2.24, 2.45) is 0 Å². The van der Waals surface area contributed by atoms with E-state index in [0.29, 0.717) is 11.6 Å². The van der Waals surface area contributed by atoms with Crippen LogP contribution in [0, 0.1) is 0 Å². The Morgan fingerprint density at radius 1 is 0.935 bits per heavy atom. The van der Waals surface area contributed by atoms with Crippen LogP contribution in [0.25, 0.3) is 0 Å². The molecule has 0 unspecified atom stereocenters. The van der Waals surface area contributed by atoms with Crippen LogP contribution in [-0.2, 0) is 11.3 Å². The first-order chi connectivity index (χ1) is 15.2.